The third-order valence-corrected chi connectivity index (χ3v) is 7.34. The number of aliphatic hydroxyl groups excluding tert-OH is 1. The van der Waals surface area contributed by atoms with Crippen molar-refractivity contribution in [2.45, 2.75) is 57.8 Å². The van der Waals surface area contributed by atoms with E-state index in [1.165, 1.54) is 13.3 Å². The third kappa shape index (κ3) is 6.53. The Morgan fingerprint density at radius 3 is 2.81 bits per heavy atom. The van der Waals surface area contributed by atoms with E-state index in [0.29, 0.717) is 11.2 Å². The predicted octanol–water partition coefficient (Wildman–Crippen LogP) is 2.85. The van der Waals surface area contributed by atoms with Crippen LogP contribution in [0.2, 0.25) is 0 Å². The number of imidazole rings is 1. The lowest BCUT2D eigenvalue weighted by atomic mass is 10.2. The summed E-state index contributed by atoms with van der Waals surface area (Å²) in [5.74, 6) is -0.237. The molecule has 2 unspecified atom stereocenters. The highest BCUT2D eigenvalue weighted by Gasteiger charge is 2.39. The van der Waals surface area contributed by atoms with Crippen molar-refractivity contribution in [1.29, 1.82) is 0 Å². The van der Waals surface area contributed by atoms with Crippen molar-refractivity contribution >= 4 is 43.0 Å². The van der Waals surface area contributed by atoms with Crippen molar-refractivity contribution in [1.82, 2.24) is 24.6 Å². The first kappa shape index (κ1) is 27.2. The number of aromatic nitrogens is 4. The summed E-state index contributed by atoms with van der Waals surface area (Å²) in [6, 6.07) is 7.37. The van der Waals surface area contributed by atoms with E-state index in [2.05, 4.69) is 20.0 Å². The van der Waals surface area contributed by atoms with E-state index in [1.807, 2.05) is 0 Å². The molecule has 5 atom stereocenters. The largest absolute Gasteiger partial charge is 0.462 e. The lowest BCUT2D eigenvalue weighted by molar-refractivity contribution is -0.149. The van der Waals surface area contributed by atoms with Gasteiger partial charge in [0.1, 0.15) is 35.3 Å². The van der Waals surface area contributed by atoms with Crippen LogP contribution in [0.5, 0.6) is 5.75 Å². The molecule has 5 N–H and O–H groups in total. The van der Waals surface area contributed by atoms with E-state index in [9.17, 15) is 14.5 Å². The molecule has 1 saturated heterocycles. The van der Waals surface area contributed by atoms with E-state index >= 15 is 0 Å². The summed E-state index contributed by atoms with van der Waals surface area (Å²) >= 11 is 5.21. The number of benzene rings is 1. The number of ether oxygens (including phenoxy) is 2. The monoisotopic (exact) mass is 552 g/mol. The van der Waals surface area contributed by atoms with Gasteiger partial charge >= 0.3 is 13.7 Å². The summed E-state index contributed by atoms with van der Waals surface area (Å²) in [5, 5.41) is 13.3. The lowest BCUT2D eigenvalue weighted by Crippen LogP contribution is -2.37. The first-order valence-electron chi connectivity index (χ1n) is 11.6. The van der Waals surface area contributed by atoms with Crippen LogP contribution in [0.25, 0.3) is 11.2 Å². The molecule has 0 amide bonds. The molecule has 0 aliphatic carbocycles. The minimum atomic E-state index is -4.11. The summed E-state index contributed by atoms with van der Waals surface area (Å²) < 4.78 is 38.0. The van der Waals surface area contributed by atoms with E-state index in [0.717, 1.165) is 0 Å². The minimum Gasteiger partial charge on any atom is -0.462 e. The van der Waals surface area contributed by atoms with Gasteiger partial charge in [0.2, 0.25) is 0 Å². The van der Waals surface area contributed by atoms with Gasteiger partial charge in [0.25, 0.3) is 0 Å². The van der Waals surface area contributed by atoms with Crippen LogP contribution >= 0.6 is 20.0 Å². The van der Waals surface area contributed by atoms with Crippen molar-refractivity contribution in [2.24, 2.45) is 0 Å². The molecule has 1 aromatic carbocycles. The van der Waals surface area contributed by atoms with E-state index in [-0.39, 0.29) is 35.5 Å². The van der Waals surface area contributed by atoms with E-state index in [1.54, 1.807) is 48.7 Å². The van der Waals surface area contributed by atoms with E-state index < -0.39 is 38.2 Å². The number of fused-ring (bicyclic) bond motifs is 1. The van der Waals surface area contributed by atoms with Crippen LogP contribution in [0.3, 0.4) is 0 Å². The normalized spacial score (nSPS) is 22.1. The van der Waals surface area contributed by atoms with Crippen molar-refractivity contribution in [3.05, 3.63) is 41.3 Å². The van der Waals surface area contributed by atoms with Crippen LogP contribution < -0.4 is 15.3 Å². The molecule has 2 aromatic heterocycles. The number of H-pyrrole nitrogens is 1. The molecule has 13 nitrogen and oxygen atoms in total. The fraction of sp³-hybridized carbons (Fsp3) is 0.455. The summed E-state index contributed by atoms with van der Waals surface area (Å²) in [7, 11) is -4.11. The Labute approximate surface area is 217 Å². The molecule has 0 saturated carbocycles. The molecular formula is C22H29N6O7PS. The second-order valence-corrected chi connectivity index (χ2v) is 10.8. The number of nitrogens with two attached hydrogens (primary N) is 1. The lowest BCUT2D eigenvalue weighted by Gasteiger charge is -2.25. The molecule has 15 heteroatoms. The third-order valence-electron chi connectivity index (χ3n) is 5.41. The Morgan fingerprint density at radius 1 is 1.38 bits per heavy atom. The zero-order valence-corrected chi connectivity index (χ0v) is 22.1. The Bertz CT molecular complexity index is 1350. The number of rotatable bonds is 10. The van der Waals surface area contributed by atoms with Gasteiger partial charge in [-0.25, -0.2) is 14.5 Å². The van der Waals surface area contributed by atoms with Crippen LogP contribution in [0.4, 0.5) is 5.95 Å². The van der Waals surface area contributed by atoms with Gasteiger partial charge in [-0.3, -0.25) is 13.9 Å². The van der Waals surface area contributed by atoms with Crippen molar-refractivity contribution in [3.63, 3.8) is 0 Å². The van der Waals surface area contributed by atoms with Crippen LogP contribution in [-0.2, 0) is 23.4 Å². The molecule has 4 rings (SSSR count). The Morgan fingerprint density at radius 2 is 2.11 bits per heavy atom. The quantitative estimate of drug-likeness (QED) is 0.165. The van der Waals surface area contributed by atoms with Gasteiger partial charge in [0, 0.05) is 6.42 Å². The maximum atomic E-state index is 13.7. The molecule has 0 bridgehead atoms. The molecule has 37 heavy (non-hydrogen) atoms. The summed E-state index contributed by atoms with van der Waals surface area (Å²) in [5.41, 5.74) is 6.72. The minimum absolute atomic E-state index is 0.118. The Hall–Kier alpha value is -2.87. The number of hydrogen-bond donors (Lipinski definition) is 4. The maximum Gasteiger partial charge on any atom is 0.459 e. The average Bonchev–Trinajstić information content (AvgIpc) is 3.41. The predicted molar refractivity (Wildman–Crippen MR) is 136 cm³/mol. The molecule has 0 spiro atoms. The standard InChI is InChI=1S/C22H29N6O7PS/c1-12(2)33-21(30)13(3)27-36(31,35-14-7-5-4-6-8-14)32-10-16-15(29)9-17(34-16)28-11-24-18-19(28)25-22(23)26-20(18)37/h4-8,11-13,15-17,29H,9-10H2,1-3H3,(H,27,31)(H3,23,25,26,37)/t13-,15+,16-,17?,36?/m1/s1. The maximum absolute atomic E-state index is 13.7. The fourth-order valence-electron chi connectivity index (χ4n) is 3.71. The zero-order valence-electron chi connectivity index (χ0n) is 20.4. The number of anilines is 1. The molecule has 1 aliphatic heterocycles. The van der Waals surface area contributed by atoms with Crippen LogP contribution in [0.15, 0.2) is 36.7 Å². The van der Waals surface area contributed by atoms with Gasteiger partial charge in [0.15, 0.2) is 10.6 Å². The molecular weight excluding hydrogens is 523 g/mol. The number of nitrogens with one attached hydrogen (secondary N) is 2. The number of aromatic amines is 1. The highest BCUT2D eigenvalue weighted by molar-refractivity contribution is 7.71. The fourth-order valence-corrected chi connectivity index (χ4v) is 5.46. The van der Waals surface area contributed by atoms with Gasteiger partial charge in [-0.15, -0.1) is 0 Å². The van der Waals surface area contributed by atoms with Crippen molar-refractivity contribution in [2.75, 3.05) is 12.3 Å². The highest BCUT2D eigenvalue weighted by Crippen LogP contribution is 2.46. The second-order valence-electron chi connectivity index (χ2n) is 8.74. The zero-order chi connectivity index (χ0) is 26.7. The molecule has 0 radical (unpaired) electrons. The smallest absolute Gasteiger partial charge is 0.459 e. The van der Waals surface area contributed by atoms with Gasteiger partial charge in [-0.2, -0.15) is 5.09 Å². The average molecular weight is 553 g/mol. The number of esters is 1. The number of carbonyl (C=O) groups excluding carboxylic acids is 1. The number of para-hydroxylation sites is 1. The van der Waals surface area contributed by atoms with Crippen molar-refractivity contribution in [3.8, 4) is 5.75 Å². The molecule has 3 heterocycles. The number of nitrogens with zero attached hydrogens (tertiary/aromatic N) is 3. The number of carbonyl (C=O) groups is 1. The number of aliphatic hydroxyl groups is 1. The molecule has 200 valence electrons. The molecule has 3 aromatic rings. The SMILES string of the molecule is CC(C)OC(=O)[C@@H](C)NP(=O)(OC[C@H]1OC(n2cnc3c(=S)nc(N)[nH]c32)C[C@@H]1O)Oc1ccccc1. The Balaban J connectivity index is 1.48. The van der Waals surface area contributed by atoms with Crippen molar-refractivity contribution < 1.29 is 33.0 Å². The number of hydrogen-bond acceptors (Lipinski definition) is 11. The van der Waals surface area contributed by atoms with Gasteiger partial charge in [0.05, 0.1) is 25.1 Å². The number of nitrogen functional groups attached to an aromatic ring is 1. The second kappa shape index (κ2) is 11.3. The molecule has 1 fully saturated rings. The van der Waals surface area contributed by atoms with Gasteiger partial charge in [-0.1, -0.05) is 30.4 Å². The summed E-state index contributed by atoms with van der Waals surface area (Å²) in [6.45, 7) is 4.60. The van der Waals surface area contributed by atoms with Crippen LogP contribution in [0.1, 0.15) is 33.4 Å². The summed E-state index contributed by atoms with van der Waals surface area (Å²) in [6.07, 6.45) is -1.12. The topological polar surface area (TPSA) is 176 Å². The first-order valence-corrected chi connectivity index (χ1v) is 13.5. The molecule has 1 aliphatic rings. The van der Waals surface area contributed by atoms with E-state index in [4.69, 9.17) is 36.5 Å². The van der Waals surface area contributed by atoms with Gasteiger partial charge in [-0.05, 0) is 32.9 Å². The Kier molecular flexibility index (Phi) is 8.26. The summed E-state index contributed by atoms with van der Waals surface area (Å²) in [4.78, 5) is 23.4. The van der Waals surface area contributed by atoms with Crippen LogP contribution in [-0.4, -0.2) is 61.6 Å². The van der Waals surface area contributed by atoms with Crippen LogP contribution in [0, 0.1) is 4.64 Å². The van der Waals surface area contributed by atoms with Gasteiger partial charge < -0.3 is 29.8 Å². The highest BCUT2D eigenvalue weighted by atomic mass is 32.1. The first-order chi connectivity index (χ1) is 17.5.